The summed E-state index contributed by atoms with van der Waals surface area (Å²) in [7, 11) is 0. The highest BCUT2D eigenvalue weighted by Crippen LogP contribution is 2.68. The van der Waals surface area contributed by atoms with Crippen LogP contribution in [0.5, 0.6) is 0 Å². The Kier molecular flexibility index (Phi) is 7.70. The Bertz CT molecular complexity index is 622. The number of nitrogens with one attached hydrogen (secondary N) is 1. The van der Waals surface area contributed by atoms with Crippen LogP contribution in [0, 0.1) is 52.3 Å². The first-order valence-corrected chi connectivity index (χ1v) is 14.3. The van der Waals surface area contributed by atoms with Crippen LogP contribution in [-0.2, 0) is 0 Å². The maximum Gasteiger partial charge on any atom is 0.0577 e. The average molecular weight is 447 g/mol. The Labute approximate surface area is 199 Å². The van der Waals surface area contributed by atoms with E-state index in [9.17, 15) is 5.11 Å². The normalized spacial score (nSPS) is 47.1. The monoisotopic (exact) mass is 446 g/mol. The Hall–Kier alpha value is -0.120. The molecule has 4 aliphatic rings. The first-order chi connectivity index (χ1) is 15.2. The lowest BCUT2D eigenvalue weighted by atomic mass is 9.43. The van der Waals surface area contributed by atoms with Gasteiger partial charge in [0.05, 0.1) is 6.10 Å². The number of fused-ring (bicyclic) bond motifs is 5. The number of hydrogen-bond acceptors (Lipinski definition) is 3. The van der Waals surface area contributed by atoms with E-state index in [0.717, 1.165) is 54.9 Å². The van der Waals surface area contributed by atoms with Crippen molar-refractivity contribution in [3.05, 3.63) is 0 Å². The van der Waals surface area contributed by atoms with Crippen molar-refractivity contribution in [1.82, 2.24) is 5.32 Å². The molecule has 186 valence electrons. The van der Waals surface area contributed by atoms with Gasteiger partial charge in [-0.05, 0) is 104 Å². The molecule has 0 aromatic rings. The van der Waals surface area contributed by atoms with E-state index in [-0.39, 0.29) is 6.10 Å². The largest absolute Gasteiger partial charge is 0.393 e. The van der Waals surface area contributed by atoms with Crippen molar-refractivity contribution in [2.24, 2.45) is 58.0 Å². The number of aliphatic hydroxyl groups excluding tert-OH is 1. The average Bonchev–Trinajstić information content (AvgIpc) is 3.10. The molecule has 0 radical (unpaired) electrons. The highest BCUT2D eigenvalue weighted by Gasteiger charge is 2.62. The SMILES string of the molecule is CC(C)CCC[C@@H](C)[C@H]1CCC2C3C[C@@H](O)[C@H]4C[C@@H](NCCN)CC[C@]4(C)C3CC[C@@]21C. The Balaban J connectivity index is 1.45. The molecule has 0 spiro atoms. The van der Waals surface area contributed by atoms with Crippen LogP contribution in [0.15, 0.2) is 0 Å². The molecule has 0 saturated heterocycles. The van der Waals surface area contributed by atoms with Crippen molar-refractivity contribution in [1.29, 1.82) is 0 Å². The fourth-order valence-corrected chi connectivity index (χ4v) is 9.80. The molecule has 4 fully saturated rings. The lowest BCUT2D eigenvalue weighted by molar-refractivity contribution is -0.162. The van der Waals surface area contributed by atoms with E-state index in [4.69, 9.17) is 5.73 Å². The van der Waals surface area contributed by atoms with Crippen LogP contribution < -0.4 is 11.1 Å². The first kappa shape index (κ1) is 25.0. The second kappa shape index (κ2) is 9.86. The molecule has 10 atom stereocenters. The van der Waals surface area contributed by atoms with Crippen molar-refractivity contribution >= 4 is 0 Å². The molecule has 4 saturated carbocycles. The minimum Gasteiger partial charge on any atom is -0.393 e. The molecule has 0 amide bonds. The van der Waals surface area contributed by atoms with E-state index in [0.29, 0.717) is 29.3 Å². The molecule has 4 rings (SSSR count). The van der Waals surface area contributed by atoms with E-state index in [1.807, 2.05) is 0 Å². The van der Waals surface area contributed by atoms with Crippen molar-refractivity contribution in [2.75, 3.05) is 13.1 Å². The minimum absolute atomic E-state index is 0.103. The lowest BCUT2D eigenvalue weighted by Gasteiger charge is -2.62. The number of nitrogens with two attached hydrogens (primary N) is 1. The second-order valence-corrected chi connectivity index (χ2v) is 13.5. The van der Waals surface area contributed by atoms with Crippen molar-refractivity contribution in [3.8, 4) is 0 Å². The number of hydrogen-bond donors (Lipinski definition) is 3. The van der Waals surface area contributed by atoms with E-state index in [2.05, 4.69) is 39.9 Å². The maximum atomic E-state index is 11.4. The predicted molar refractivity (Wildman–Crippen MR) is 135 cm³/mol. The molecular weight excluding hydrogens is 392 g/mol. The maximum absolute atomic E-state index is 11.4. The third kappa shape index (κ3) is 4.44. The summed E-state index contributed by atoms with van der Waals surface area (Å²) in [6, 6.07) is 0.555. The molecule has 0 aliphatic heterocycles. The van der Waals surface area contributed by atoms with Gasteiger partial charge in [0.1, 0.15) is 0 Å². The van der Waals surface area contributed by atoms with Gasteiger partial charge in [-0.25, -0.2) is 0 Å². The topological polar surface area (TPSA) is 58.3 Å². The van der Waals surface area contributed by atoms with Gasteiger partial charge in [0, 0.05) is 19.1 Å². The van der Waals surface area contributed by atoms with Gasteiger partial charge in [0.25, 0.3) is 0 Å². The molecule has 4 aliphatic carbocycles. The van der Waals surface area contributed by atoms with Crippen LogP contribution >= 0.6 is 0 Å². The van der Waals surface area contributed by atoms with Gasteiger partial charge in [-0.2, -0.15) is 0 Å². The summed E-state index contributed by atoms with van der Waals surface area (Å²) < 4.78 is 0. The van der Waals surface area contributed by atoms with Gasteiger partial charge in [-0.3, -0.25) is 0 Å². The Morgan fingerprint density at radius 1 is 0.906 bits per heavy atom. The Morgan fingerprint density at radius 3 is 2.34 bits per heavy atom. The highest BCUT2D eigenvalue weighted by atomic mass is 16.3. The van der Waals surface area contributed by atoms with E-state index < -0.39 is 0 Å². The summed E-state index contributed by atoms with van der Waals surface area (Å²) in [4.78, 5) is 0. The number of aliphatic hydroxyl groups is 1. The van der Waals surface area contributed by atoms with Crippen LogP contribution in [-0.4, -0.2) is 30.3 Å². The van der Waals surface area contributed by atoms with Crippen LogP contribution in [0.25, 0.3) is 0 Å². The zero-order chi connectivity index (χ0) is 23.1. The van der Waals surface area contributed by atoms with Crippen LogP contribution in [0.4, 0.5) is 0 Å². The zero-order valence-electron chi connectivity index (χ0n) is 21.9. The molecule has 4 N–H and O–H groups in total. The zero-order valence-corrected chi connectivity index (χ0v) is 21.9. The quantitative estimate of drug-likeness (QED) is 0.429. The Morgan fingerprint density at radius 2 is 1.62 bits per heavy atom. The molecule has 0 aromatic carbocycles. The summed E-state index contributed by atoms with van der Waals surface area (Å²) in [6.45, 7) is 14.1. The molecule has 3 heteroatoms. The fourth-order valence-electron chi connectivity index (χ4n) is 9.80. The summed E-state index contributed by atoms with van der Waals surface area (Å²) >= 11 is 0. The summed E-state index contributed by atoms with van der Waals surface area (Å²) in [5.74, 6) is 5.51. The lowest BCUT2D eigenvalue weighted by Crippen LogP contribution is -2.59. The molecule has 0 aromatic heterocycles. The van der Waals surface area contributed by atoms with Crippen LogP contribution in [0.2, 0.25) is 0 Å². The van der Waals surface area contributed by atoms with Crippen LogP contribution in [0.1, 0.15) is 105 Å². The first-order valence-electron chi connectivity index (χ1n) is 14.3. The van der Waals surface area contributed by atoms with Crippen LogP contribution in [0.3, 0.4) is 0 Å². The van der Waals surface area contributed by atoms with E-state index >= 15 is 0 Å². The van der Waals surface area contributed by atoms with Crippen molar-refractivity contribution < 1.29 is 5.11 Å². The molecular formula is C29H54N2O. The van der Waals surface area contributed by atoms with Gasteiger partial charge in [-0.1, -0.05) is 53.9 Å². The third-order valence-electron chi connectivity index (χ3n) is 11.5. The summed E-state index contributed by atoms with van der Waals surface area (Å²) in [6.07, 6.45) is 14.6. The van der Waals surface area contributed by atoms with Gasteiger partial charge < -0.3 is 16.2 Å². The van der Waals surface area contributed by atoms with Gasteiger partial charge in [0.15, 0.2) is 0 Å². The molecule has 3 nitrogen and oxygen atoms in total. The van der Waals surface area contributed by atoms with E-state index in [1.54, 1.807) is 0 Å². The van der Waals surface area contributed by atoms with Crippen molar-refractivity contribution in [3.63, 3.8) is 0 Å². The summed E-state index contributed by atoms with van der Waals surface area (Å²) in [5.41, 5.74) is 6.59. The van der Waals surface area contributed by atoms with Crippen molar-refractivity contribution in [2.45, 2.75) is 117 Å². The second-order valence-electron chi connectivity index (χ2n) is 13.5. The smallest absolute Gasteiger partial charge is 0.0577 e. The predicted octanol–water partition coefficient (Wildman–Crippen LogP) is 6.00. The number of rotatable bonds is 8. The summed E-state index contributed by atoms with van der Waals surface area (Å²) in [5, 5.41) is 15.1. The fraction of sp³-hybridized carbons (Fsp3) is 1.00. The third-order valence-corrected chi connectivity index (χ3v) is 11.5. The van der Waals surface area contributed by atoms with Gasteiger partial charge in [0.2, 0.25) is 0 Å². The standard InChI is InChI=1S/C29H54N2O/c1-19(2)7-6-8-20(3)23-9-10-24-22-18-27(32)26-17-21(31-16-15-30)11-13-29(26,5)25(22)12-14-28(23,24)4/h19-27,31-32H,6-18,30H2,1-5H3/t20-,21+,22?,23-,24?,25?,26-,27-,28-,29-/m1/s1. The van der Waals surface area contributed by atoms with E-state index in [1.165, 1.54) is 57.8 Å². The minimum atomic E-state index is -0.103. The molecule has 3 unspecified atom stereocenters. The molecule has 0 heterocycles. The highest BCUT2D eigenvalue weighted by molar-refractivity contribution is 5.11. The molecule has 0 bridgehead atoms. The van der Waals surface area contributed by atoms with Gasteiger partial charge >= 0.3 is 0 Å². The molecule has 32 heavy (non-hydrogen) atoms. The van der Waals surface area contributed by atoms with Gasteiger partial charge in [-0.15, -0.1) is 0 Å².